The molecule has 0 saturated heterocycles. The molecule has 5 rings (SSSR count). The molecule has 6 nitrogen and oxygen atoms in total. The van der Waals surface area contributed by atoms with Crippen LogP contribution >= 0.6 is 0 Å². The van der Waals surface area contributed by atoms with Crippen LogP contribution in [0.4, 0.5) is 14.5 Å². The van der Waals surface area contributed by atoms with Crippen LogP contribution in [0, 0.1) is 11.6 Å². The standard InChI is InChI=1S/C26H22F2N2O4S/c1-2-35(32,33)29-18-10-12-25(34-24-11-9-17(27)13-21(24)28)23(14-18)30-15-20(16-7-8-16)26(31)19-5-3-4-6-22(19)30/h3-6,9-16,29H,2,7-8H2,1H3. The molecule has 1 aromatic heterocycles. The van der Waals surface area contributed by atoms with Crippen molar-refractivity contribution >= 4 is 26.6 Å². The molecule has 0 spiro atoms. The molecule has 0 radical (unpaired) electrons. The predicted molar refractivity (Wildman–Crippen MR) is 131 cm³/mol. The van der Waals surface area contributed by atoms with Crippen molar-refractivity contribution < 1.29 is 21.9 Å². The second-order valence-electron chi connectivity index (χ2n) is 8.44. The Morgan fingerprint density at radius 1 is 1.03 bits per heavy atom. The lowest BCUT2D eigenvalue weighted by Gasteiger charge is -2.19. The minimum Gasteiger partial charge on any atom is -0.452 e. The van der Waals surface area contributed by atoms with E-state index in [0.717, 1.165) is 25.0 Å². The molecule has 3 aromatic carbocycles. The summed E-state index contributed by atoms with van der Waals surface area (Å²) < 4.78 is 62.3. The number of ether oxygens (including phenoxy) is 1. The van der Waals surface area contributed by atoms with E-state index >= 15 is 0 Å². The van der Waals surface area contributed by atoms with E-state index < -0.39 is 21.7 Å². The number of fused-ring (bicyclic) bond motifs is 1. The molecule has 1 fully saturated rings. The number of halogens is 2. The maximum absolute atomic E-state index is 14.4. The summed E-state index contributed by atoms with van der Waals surface area (Å²) in [4.78, 5) is 13.1. The summed E-state index contributed by atoms with van der Waals surface area (Å²) in [6, 6.07) is 14.7. The molecule has 0 bridgehead atoms. The van der Waals surface area contributed by atoms with Crippen molar-refractivity contribution in [1.82, 2.24) is 4.57 Å². The van der Waals surface area contributed by atoms with E-state index in [-0.39, 0.29) is 34.3 Å². The van der Waals surface area contributed by atoms with Crippen LogP contribution in [0.3, 0.4) is 0 Å². The Kier molecular flexibility index (Phi) is 5.80. The molecule has 4 aromatic rings. The van der Waals surface area contributed by atoms with Gasteiger partial charge in [0.15, 0.2) is 22.7 Å². The molecular weight excluding hydrogens is 474 g/mol. The fraction of sp³-hybridized carbons (Fsp3) is 0.192. The number of sulfonamides is 1. The highest BCUT2D eigenvalue weighted by atomic mass is 32.2. The van der Waals surface area contributed by atoms with Crippen LogP contribution in [0.1, 0.15) is 31.2 Å². The average molecular weight is 497 g/mol. The number of anilines is 1. The van der Waals surface area contributed by atoms with Gasteiger partial charge in [0.2, 0.25) is 10.0 Å². The van der Waals surface area contributed by atoms with Gasteiger partial charge in [-0.05, 0) is 68.1 Å². The zero-order valence-corrected chi connectivity index (χ0v) is 19.6. The molecule has 180 valence electrons. The van der Waals surface area contributed by atoms with E-state index in [9.17, 15) is 22.0 Å². The topological polar surface area (TPSA) is 77.4 Å². The molecule has 9 heteroatoms. The summed E-state index contributed by atoms with van der Waals surface area (Å²) in [6.07, 6.45) is 3.56. The van der Waals surface area contributed by atoms with Gasteiger partial charge >= 0.3 is 0 Å². The van der Waals surface area contributed by atoms with E-state index in [0.29, 0.717) is 22.2 Å². The lowest BCUT2D eigenvalue weighted by molar-refractivity contribution is 0.436. The highest BCUT2D eigenvalue weighted by Crippen LogP contribution is 2.40. The molecule has 1 heterocycles. The Hall–Kier alpha value is -3.72. The number of aromatic nitrogens is 1. The lowest BCUT2D eigenvalue weighted by atomic mass is 10.1. The first-order valence-electron chi connectivity index (χ1n) is 11.2. The molecule has 0 unspecified atom stereocenters. The Morgan fingerprint density at radius 3 is 2.49 bits per heavy atom. The zero-order chi connectivity index (χ0) is 24.7. The molecule has 1 N–H and O–H groups in total. The Balaban J connectivity index is 1.74. The number of pyridine rings is 1. The highest BCUT2D eigenvalue weighted by molar-refractivity contribution is 7.92. The second kappa shape index (κ2) is 8.81. The van der Waals surface area contributed by atoms with Gasteiger partial charge in [0, 0.05) is 23.2 Å². The van der Waals surface area contributed by atoms with Gasteiger partial charge in [-0.3, -0.25) is 9.52 Å². The van der Waals surface area contributed by atoms with Crippen molar-refractivity contribution in [2.24, 2.45) is 0 Å². The van der Waals surface area contributed by atoms with Crippen molar-refractivity contribution in [1.29, 1.82) is 0 Å². The van der Waals surface area contributed by atoms with Gasteiger partial charge in [-0.25, -0.2) is 17.2 Å². The summed E-state index contributed by atoms with van der Waals surface area (Å²) in [5, 5.41) is 0.510. The number of rotatable bonds is 7. The van der Waals surface area contributed by atoms with Crippen LogP contribution in [-0.2, 0) is 10.0 Å². The van der Waals surface area contributed by atoms with E-state index in [2.05, 4.69) is 4.72 Å². The summed E-state index contributed by atoms with van der Waals surface area (Å²) in [5.41, 5.74) is 1.87. The van der Waals surface area contributed by atoms with Gasteiger partial charge in [-0.1, -0.05) is 12.1 Å². The third-order valence-electron chi connectivity index (χ3n) is 5.94. The van der Waals surface area contributed by atoms with Crippen LogP contribution in [0.15, 0.2) is 71.7 Å². The van der Waals surface area contributed by atoms with E-state index in [4.69, 9.17) is 4.74 Å². The molecule has 1 aliphatic carbocycles. The maximum atomic E-state index is 14.4. The summed E-state index contributed by atoms with van der Waals surface area (Å²) in [7, 11) is -3.57. The SMILES string of the molecule is CCS(=O)(=O)Nc1ccc(Oc2ccc(F)cc2F)c(-n2cc(C3CC3)c(=O)c3ccccc32)c1. The third-order valence-corrected chi connectivity index (χ3v) is 7.25. The van der Waals surface area contributed by atoms with Crippen LogP contribution in [-0.4, -0.2) is 18.7 Å². The molecule has 0 amide bonds. The first-order valence-corrected chi connectivity index (χ1v) is 12.8. The first kappa shape index (κ1) is 23.0. The van der Waals surface area contributed by atoms with Gasteiger partial charge < -0.3 is 9.30 Å². The number of nitrogens with zero attached hydrogens (tertiary/aromatic N) is 1. The van der Waals surface area contributed by atoms with Crippen molar-refractivity contribution in [2.75, 3.05) is 10.5 Å². The van der Waals surface area contributed by atoms with Gasteiger partial charge in [0.05, 0.1) is 22.6 Å². The minimum atomic E-state index is -3.57. The molecule has 0 aliphatic heterocycles. The Bertz CT molecular complexity index is 1610. The Morgan fingerprint density at radius 2 is 1.77 bits per heavy atom. The van der Waals surface area contributed by atoms with E-state index in [1.54, 1.807) is 41.1 Å². The van der Waals surface area contributed by atoms with Gasteiger partial charge in [0.25, 0.3) is 0 Å². The monoisotopic (exact) mass is 496 g/mol. The molecule has 0 atom stereocenters. The van der Waals surface area contributed by atoms with Gasteiger partial charge in [0.1, 0.15) is 5.82 Å². The van der Waals surface area contributed by atoms with Crippen molar-refractivity contribution in [3.63, 3.8) is 0 Å². The number of nitrogens with one attached hydrogen (secondary N) is 1. The smallest absolute Gasteiger partial charge is 0.232 e. The quantitative estimate of drug-likeness (QED) is 0.356. The molecule has 1 aliphatic rings. The third kappa shape index (κ3) is 4.64. The van der Waals surface area contributed by atoms with Crippen LogP contribution in [0.5, 0.6) is 11.5 Å². The van der Waals surface area contributed by atoms with Gasteiger partial charge in [-0.2, -0.15) is 0 Å². The van der Waals surface area contributed by atoms with Crippen LogP contribution in [0.2, 0.25) is 0 Å². The van der Waals surface area contributed by atoms with E-state index in [1.165, 1.54) is 25.1 Å². The number of benzene rings is 3. The van der Waals surface area contributed by atoms with Crippen molar-refractivity contribution in [3.05, 3.63) is 94.3 Å². The fourth-order valence-corrected chi connectivity index (χ4v) is 4.60. The average Bonchev–Trinajstić information content (AvgIpc) is 3.67. The summed E-state index contributed by atoms with van der Waals surface area (Å²) in [5.74, 6) is -1.57. The number of hydrogen-bond acceptors (Lipinski definition) is 4. The zero-order valence-electron chi connectivity index (χ0n) is 18.8. The van der Waals surface area contributed by atoms with E-state index in [1.807, 2.05) is 0 Å². The summed E-state index contributed by atoms with van der Waals surface area (Å²) >= 11 is 0. The second-order valence-corrected chi connectivity index (χ2v) is 10.5. The highest BCUT2D eigenvalue weighted by Gasteiger charge is 2.28. The van der Waals surface area contributed by atoms with Crippen molar-refractivity contribution in [3.8, 4) is 17.2 Å². The summed E-state index contributed by atoms with van der Waals surface area (Å²) in [6.45, 7) is 1.52. The normalized spacial score (nSPS) is 13.7. The number of hydrogen-bond donors (Lipinski definition) is 1. The Labute approximate surface area is 200 Å². The van der Waals surface area contributed by atoms with Crippen molar-refractivity contribution in [2.45, 2.75) is 25.7 Å². The van der Waals surface area contributed by atoms with Gasteiger partial charge in [-0.15, -0.1) is 0 Å². The molecule has 1 saturated carbocycles. The predicted octanol–water partition coefficient (Wildman–Crippen LogP) is 5.70. The minimum absolute atomic E-state index is 0.0470. The first-order chi connectivity index (χ1) is 16.8. The van der Waals surface area contributed by atoms with Crippen LogP contribution in [0.25, 0.3) is 16.6 Å². The van der Waals surface area contributed by atoms with Crippen LogP contribution < -0.4 is 14.9 Å². The maximum Gasteiger partial charge on any atom is 0.232 e. The fourth-order valence-electron chi connectivity index (χ4n) is 3.97. The number of para-hydroxylation sites is 1. The lowest BCUT2D eigenvalue weighted by Crippen LogP contribution is -2.16. The largest absolute Gasteiger partial charge is 0.452 e. The molecule has 35 heavy (non-hydrogen) atoms. The molecular formula is C26H22F2N2O4S.